The first-order chi connectivity index (χ1) is 29.5. The molecule has 0 aliphatic heterocycles. The molecule has 0 atom stereocenters. The monoisotopic (exact) mass is 874 g/mol. The second-order valence-corrected chi connectivity index (χ2v) is 17.4. The minimum absolute atomic E-state index is 0.178. The highest BCUT2D eigenvalue weighted by Crippen LogP contribution is 2.20. The molecule has 322 valence electrons. The number of aromatic nitrogens is 2. The molecule has 2 amide bonds. The Balaban J connectivity index is 0.000000267. The SMILES string of the molecule is CCCC[n+]1cccc2cc(NC(=O)c3ccc(C(=O)Nc4ccc5c(ccc[n+]5CCCC)c4)cc3)ccc21.Cc1ccc(S(=O)(=O)[O-])cc1.Cc1ccc(S(=O)(=O)[O-])cc1. The summed E-state index contributed by atoms with van der Waals surface area (Å²) in [4.78, 5) is 25.5. The summed E-state index contributed by atoms with van der Waals surface area (Å²) in [5.41, 5.74) is 6.60. The predicted octanol–water partition coefficient (Wildman–Crippen LogP) is 8.47. The Labute approximate surface area is 363 Å². The maximum Gasteiger partial charge on any atom is 0.255 e. The van der Waals surface area contributed by atoms with Crippen LogP contribution in [-0.4, -0.2) is 37.8 Å². The summed E-state index contributed by atoms with van der Waals surface area (Å²) in [7, 11) is -8.54. The predicted molar refractivity (Wildman–Crippen MR) is 239 cm³/mol. The average Bonchev–Trinajstić information content (AvgIpc) is 3.25. The first kappa shape index (κ1) is 46.7. The maximum absolute atomic E-state index is 12.9. The largest absolute Gasteiger partial charge is 0.744 e. The van der Waals surface area contributed by atoms with Gasteiger partial charge in [0.25, 0.3) is 11.8 Å². The van der Waals surface area contributed by atoms with Crippen molar-refractivity contribution >= 4 is 65.2 Å². The molecule has 7 rings (SSSR count). The zero-order valence-electron chi connectivity index (χ0n) is 35.1. The van der Waals surface area contributed by atoms with Crippen molar-refractivity contribution in [1.82, 2.24) is 0 Å². The van der Waals surface area contributed by atoms with Gasteiger partial charge in [-0.2, -0.15) is 9.13 Å². The number of anilines is 2. The molecule has 12 nitrogen and oxygen atoms in total. The summed E-state index contributed by atoms with van der Waals surface area (Å²) in [6.45, 7) is 9.96. The van der Waals surface area contributed by atoms with Crippen LogP contribution in [0.2, 0.25) is 0 Å². The summed E-state index contributed by atoms with van der Waals surface area (Å²) in [6, 6.07) is 38.4. The molecule has 0 saturated carbocycles. The smallest absolute Gasteiger partial charge is 0.255 e. The molecule has 2 heterocycles. The number of carbonyl (C=O) groups is 2. The van der Waals surface area contributed by atoms with E-state index in [0.29, 0.717) is 11.1 Å². The van der Waals surface area contributed by atoms with Crippen LogP contribution in [0.1, 0.15) is 71.4 Å². The van der Waals surface area contributed by atoms with Gasteiger partial charge in [-0.05, 0) is 98.8 Å². The van der Waals surface area contributed by atoms with Gasteiger partial charge >= 0.3 is 0 Å². The highest BCUT2D eigenvalue weighted by atomic mass is 32.2. The van der Waals surface area contributed by atoms with Crippen molar-refractivity contribution in [2.24, 2.45) is 0 Å². The van der Waals surface area contributed by atoms with Gasteiger partial charge in [0, 0.05) is 70.4 Å². The molecule has 5 aromatic carbocycles. The Hall–Kier alpha value is -6.32. The molecule has 14 heteroatoms. The molecule has 0 spiro atoms. The summed E-state index contributed by atoms with van der Waals surface area (Å²) in [5.74, 6) is -0.431. The molecule has 0 fully saturated rings. The third kappa shape index (κ3) is 13.3. The summed E-state index contributed by atoms with van der Waals surface area (Å²) >= 11 is 0. The van der Waals surface area contributed by atoms with Crippen LogP contribution in [0.15, 0.2) is 156 Å². The normalized spacial score (nSPS) is 11.2. The number of pyridine rings is 2. The first-order valence-corrected chi connectivity index (χ1v) is 23.0. The van der Waals surface area contributed by atoms with Crippen LogP contribution >= 0.6 is 0 Å². The number of rotatable bonds is 12. The molecule has 2 N–H and O–H groups in total. The lowest BCUT2D eigenvalue weighted by molar-refractivity contribution is -0.672. The highest BCUT2D eigenvalue weighted by Gasteiger charge is 2.14. The zero-order valence-corrected chi connectivity index (χ0v) is 36.7. The van der Waals surface area contributed by atoms with Crippen molar-refractivity contribution in [1.29, 1.82) is 0 Å². The number of amides is 2. The van der Waals surface area contributed by atoms with E-state index in [1.165, 1.54) is 24.3 Å². The Bertz CT molecular complexity index is 2670. The van der Waals surface area contributed by atoms with Gasteiger partial charge < -0.3 is 19.7 Å². The van der Waals surface area contributed by atoms with Crippen LogP contribution in [0.4, 0.5) is 11.4 Å². The first-order valence-electron chi connectivity index (χ1n) is 20.2. The molecule has 0 aliphatic carbocycles. The third-order valence-corrected chi connectivity index (χ3v) is 11.5. The molecule has 0 unspecified atom stereocenters. The van der Waals surface area contributed by atoms with Crippen molar-refractivity contribution in [3.63, 3.8) is 0 Å². The number of nitrogens with one attached hydrogen (secondary N) is 2. The number of unbranched alkanes of at least 4 members (excludes halogenated alkanes) is 2. The van der Waals surface area contributed by atoms with Gasteiger partial charge in [0.1, 0.15) is 33.3 Å². The Kier molecular flexibility index (Phi) is 16.2. The third-order valence-electron chi connectivity index (χ3n) is 9.81. The number of hydrogen-bond donors (Lipinski definition) is 2. The minimum Gasteiger partial charge on any atom is -0.744 e. The fraction of sp³-hybridized carbons (Fsp3) is 0.208. The Morgan fingerprint density at radius 1 is 0.516 bits per heavy atom. The molecule has 2 aromatic heterocycles. The van der Waals surface area contributed by atoms with Gasteiger partial charge in [-0.15, -0.1) is 0 Å². The molecule has 0 bridgehead atoms. The van der Waals surface area contributed by atoms with Gasteiger partial charge in [0.05, 0.1) is 9.79 Å². The second-order valence-electron chi connectivity index (χ2n) is 14.7. The minimum atomic E-state index is -4.27. The highest BCUT2D eigenvalue weighted by molar-refractivity contribution is 7.86. The standard InChI is InChI=1S/C34H34N4O2.2C7H8O3S/c1-3-5-19-37-21-7-9-27-23-29(15-17-31(27)37)35-33(39)25-11-13-26(14-12-25)34(40)36-30-16-18-32-28(24-30)10-8-22-38(32)20-6-4-2;2*1-6-2-4-7(5-3-6)11(8,9)10/h7-18,21-24H,3-6,19-20H2,1-2H3;2*2-5H,1H3,(H,8,9,10). The molecule has 0 saturated heterocycles. The van der Waals surface area contributed by atoms with Crippen LogP contribution in [0.25, 0.3) is 21.8 Å². The van der Waals surface area contributed by atoms with E-state index in [9.17, 15) is 35.5 Å². The quantitative estimate of drug-likeness (QED) is 0.0906. The summed E-state index contributed by atoms with van der Waals surface area (Å²) in [6.07, 6.45) is 8.71. The van der Waals surface area contributed by atoms with E-state index in [4.69, 9.17) is 0 Å². The van der Waals surface area contributed by atoms with Gasteiger partial charge in [-0.3, -0.25) is 9.59 Å². The van der Waals surface area contributed by atoms with E-state index in [1.54, 1.807) is 48.5 Å². The zero-order chi connectivity index (χ0) is 44.9. The maximum atomic E-state index is 12.9. The van der Waals surface area contributed by atoms with Gasteiger partial charge in [0.15, 0.2) is 12.4 Å². The molecular weight excluding hydrogens is 825 g/mol. The average molecular weight is 875 g/mol. The number of carbonyl (C=O) groups excluding carboxylic acids is 2. The van der Waals surface area contributed by atoms with E-state index >= 15 is 0 Å². The molecule has 62 heavy (non-hydrogen) atoms. The summed E-state index contributed by atoms with van der Waals surface area (Å²) < 4.78 is 66.8. The van der Waals surface area contributed by atoms with E-state index < -0.39 is 20.2 Å². The fourth-order valence-electron chi connectivity index (χ4n) is 6.35. The van der Waals surface area contributed by atoms with Gasteiger partial charge in [-0.1, -0.05) is 62.1 Å². The van der Waals surface area contributed by atoms with Crippen LogP contribution in [0, 0.1) is 13.8 Å². The molecule has 7 aromatic rings. The number of hydrogen-bond acceptors (Lipinski definition) is 8. The van der Waals surface area contributed by atoms with Crippen molar-refractivity contribution in [2.75, 3.05) is 10.6 Å². The lowest BCUT2D eigenvalue weighted by Gasteiger charge is -2.09. The van der Waals surface area contributed by atoms with Crippen molar-refractivity contribution < 1.29 is 44.7 Å². The Morgan fingerprint density at radius 3 is 1.19 bits per heavy atom. The molecule has 0 radical (unpaired) electrons. The van der Waals surface area contributed by atoms with Crippen LogP contribution < -0.4 is 19.8 Å². The van der Waals surface area contributed by atoms with Gasteiger partial charge in [0.2, 0.25) is 11.0 Å². The number of nitrogens with zero attached hydrogens (tertiary/aromatic N) is 2. The van der Waals surface area contributed by atoms with Crippen LogP contribution in [-0.2, 0) is 33.3 Å². The number of fused-ring (bicyclic) bond motifs is 2. The fourth-order valence-corrected chi connectivity index (χ4v) is 7.29. The number of benzene rings is 5. The van der Waals surface area contributed by atoms with Crippen LogP contribution in [0.3, 0.4) is 0 Å². The van der Waals surface area contributed by atoms with E-state index in [2.05, 4.69) is 58.1 Å². The van der Waals surface area contributed by atoms with Crippen molar-refractivity contribution in [3.05, 3.63) is 168 Å². The lowest BCUT2D eigenvalue weighted by atomic mass is 10.1. The number of aryl methyl sites for hydroxylation is 4. The molecule has 0 aliphatic rings. The summed E-state index contributed by atoms with van der Waals surface area (Å²) in [5, 5.41) is 8.12. The van der Waals surface area contributed by atoms with E-state index in [0.717, 1.165) is 83.1 Å². The van der Waals surface area contributed by atoms with E-state index in [-0.39, 0.29) is 21.6 Å². The molecular formula is C48H50N4O8S2. The van der Waals surface area contributed by atoms with E-state index in [1.807, 2.05) is 62.4 Å². The lowest BCUT2D eigenvalue weighted by Crippen LogP contribution is -2.33. The van der Waals surface area contributed by atoms with Crippen LogP contribution in [0.5, 0.6) is 0 Å². The topological polar surface area (TPSA) is 180 Å². The second kappa shape index (κ2) is 21.5. The van der Waals surface area contributed by atoms with Crippen molar-refractivity contribution in [3.8, 4) is 0 Å². The Morgan fingerprint density at radius 2 is 0.871 bits per heavy atom. The van der Waals surface area contributed by atoms with Gasteiger partial charge in [-0.25, -0.2) is 16.8 Å². The van der Waals surface area contributed by atoms with Crippen molar-refractivity contribution in [2.45, 2.75) is 76.3 Å².